The van der Waals surface area contributed by atoms with Crippen molar-refractivity contribution < 1.29 is 0 Å². The average molecular weight is 389 g/mol. The molecule has 0 saturated heterocycles. The highest BCUT2D eigenvalue weighted by Gasteiger charge is 2.08. The largest absolute Gasteiger partial charge is 0.358 e. The van der Waals surface area contributed by atoms with Gasteiger partial charge >= 0.3 is 0 Å². The zero-order valence-electron chi connectivity index (χ0n) is 13.0. The van der Waals surface area contributed by atoms with E-state index in [-0.39, 0.29) is 0 Å². The van der Waals surface area contributed by atoms with E-state index < -0.39 is 0 Å². The van der Waals surface area contributed by atoms with E-state index >= 15 is 0 Å². The van der Waals surface area contributed by atoms with Crippen molar-refractivity contribution in [3.8, 4) is 11.3 Å². The van der Waals surface area contributed by atoms with E-state index in [1.807, 2.05) is 36.4 Å². The van der Waals surface area contributed by atoms with Crippen molar-refractivity contribution in [2.24, 2.45) is 0 Å². The molecule has 0 aliphatic heterocycles. The minimum atomic E-state index is 0.437. The van der Waals surface area contributed by atoms with Crippen LogP contribution in [-0.2, 0) is 6.54 Å². The summed E-state index contributed by atoms with van der Waals surface area (Å²) in [6, 6.07) is 13.1. The first-order chi connectivity index (χ1) is 12.1. The number of rotatable bonds is 4. The van der Waals surface area contributed by atoms with Crippen LogP contribution in [0.25, 0.3) is 11.3 Å². The van der Waals surface area contributed by atoms with E-state index in [9.17, 15) is 0 Å². The van der Waals surface area contributed by atoms with Gasteiger partial charge in [0, 0.05) is 30.7 Å². The van der Waals surface area contributed by atoms with Crippen molar-refractivity contribution in [1.82, 2.24) is 15.3 Å². The molecule has 1 aromatic carbocycles. The number of hydrogen-bond acceptors (Lipinski definition) is 3. The molecule has 0 atom stereocenters. The van der Waals surface area contributed by atoms with E-state index in [4.69, 9.17) is 35.4 Å². The normalized spacial score (nSPS) is 10.3. The third-order valence-electron chi connectivity index (χ3n) is 3.48. The van der Waals surface area contributed by atoms with Crippen molar-refractivity contribution in [1.29, 1.82) is 0 Å². The molecule has 4 nitrogen and oxygen atoms in total. The lowest BCUT2D eigenvalue weighted by molar-refractivity contribution is 0.919. The van der Waals surface area contributed by atoms with Crippen LogP contribution in [0.3, 0.4) is 0 Å². The minimum Gasteiger partial charge on any atom is -0.358 e. The molecule has 0 unspecified atom stereocenters. The summed E-state index contributed by atoms with van der Waals surface area (Å²) >= 11 is 17.5. The monoisotopic (exact) mass is 388 g/mol. The number of hydrogen-bond donors (Lipinski definition) is 2. The maximum absolute atomic E-state index is 6.16. The van der Waals surface area contributed by atoms with Crippen LogP contribution in [0.5, 0.6) is 0 Å². The number of nitrogens with zero attached hydrogens (tertiary/aromatic N) is 2. The lowest BCUT2D eigenvalue weighted by atomic mass is 10.1. The lowest BCUT2D eigenvalue weighted by Crippen LogP contribution is -2.28. The maximum Gasteiger partial charge on any atom is 0.171 e. The first-order valence-electron chi connectivity index (χ1n) is 7.48. The van der Waals surface area contributed by atoms with Crippen LogP contribution in [0.4, 0.5) is 5.69 Å². The van der Waals surface area contributed by atoms with Crippen LogP contribution < -0.4 is 10.6 Å². The van der Waals surface area contributed by atoms with E-state index in [1.165, 1.54) is 0 Å². The molecule has 2 heterocycles. The van der Waals surface area contributed by atoms with E-state index in [2.05, 4.69) is 20.6 Å². The van der Waals surface area contributed by atoms with Crippen LogP contribution in [0.2, 0.25) is 10.0 Å². The molecule has 0 amide bonds. The molecule has 0 aliphatic rings. The number of aromatic nitrogens is 2. The standard InChI is InChI=1S/C18H14Cl2N4S/c19-14-4-1-5-15(16(14)20)24-18(25)23-11-13-3-2-8-22-17(13)12-6-9-21-10-7-12/h1-10H,11H2,(H2,23,24,25). The summed E-state index contributed by atoms with van der Waals surface area (Å²) in [5.74, 6) is 0. The third-order valence-corrected chi connectivity index (χ3v) is 4.55. The second-order valence-electron chi connectivity index (χ2n) is 5.16. The number of thiocarbonyl (C=S) groups is 1. The molecule has 3 rings (SSSR count). The predicted molar refractivity (Wildman–Crippen MR) is 107 cm³/mol. The molecule has 0 spiro atoms. The maximum atomic E-state index is 6.16. The Morgan fingerprint density at radius 3 is 2.60 bits per heavy atom. The Kier molecular flexibility index (Phi) is 5.81. The molecular weight excluding hydrogens is 375 g/mol. The summed E-state index contributed by atoms with van der Waals surface area (Å²) in [6.45, 7) is 0.523. The van der Waals surface area contributed by atoms with Gasteiger partial charge < -0.3 is 10.6 Å². The summed E-state index contributed by atoms with van der Waals surface area (Å²) in [4.78, 5) is 8.51. The molecule has 0 aliphatic carbocycles. The second kappa shape index (κ2) is 8.25. The molecule has 7 heteroatoms. The van der Waals surface area contributed by atoms with Gasteiger partial charge in [-0.3, -0.25) is 9.97 Å². The van der Waals surface area contributed by atoms with Crippen molar-refractivity contribution >= 4 is 46.2 Å². The smallest absolute Gasteiger partial charge is 0.171 e. The van der Waals surface area contributed by atoms with Crippen LogP contribution in [0.1, 0.15) is 5.56 Å². The molecule has 0 fully saturated rings. The van der Waals surface area contributed by atoms with Gasteiger partial charge in [0.2, 0.25) is 0 Å². The topological polar surface area (TPSA) is 49.8 Å². The minimum absolute atomic E-state index is 0.437. The number of pyridine rings is 2. The average Bonchev–Trinajstić information content (AvgIpc) is 2.65. The highest BCUT2D eigenvalue weighted by molar-refractivity contribution is 7.80. The Balaban J connectivity index is 1.70. The molecule has 3 aromatic rings. The van der Waals surface area contributed by atoms with E-state index in [0.29, 0.717) is 27.4 Å². The molecule has 2 aromatic heterocycles. The molecule has 2 N–H and O–H groups in total. The Morgan fingerprint density at radius 2 is 1.80 bits per heavy atom. The van der Waals surface area contributed by atoms with Gasteiger partial charge in [0.1, 0.15) is 0 Å². The molecule has 0 radical (unpaired) electrons. The van der Waals surface area contributed by atoms with Gasteiger partial charge in [0.15, 0.2) is 5.11 Å². The van der Waals surface area contributed by atoms with Crippen LogP contribution >= 0.6 is 35.4 Å². The first kappa shape index (κ1) is 17.6. The Bertz CT molecular complexity index is 887. The molecule has 0 saturated carbocycles. The summed E-state index contributed by atoms with van der Waals surface area (Å²) in [6.07, 6.45) is 5.25. The Labute approximate surface area is 161 Å². The molecule has 126 valence electrons. The van der Waals surface area contributed by atoms with Gasteiger partial charge in [-0.2, -0.15) is 0 Å². The summed E-state index contributed by atoms with van der Waals surface area (Å²) < 4.78 is 0. The zero-order valence-corrected chi connectivity index (χ0v) is 15.4. The fourth-order valence-electron chi connectivity index (χ4n) is 2.29. The van der Waals surface area contributed by atoms with Crippen LogP contribution in [-0.4, -0.2) is 15.1 Å². The quantitative estimate of drug-likeness (QED) is 0.620. The Hall–Kier alpha value is -2.21. The van der Waals surface area contributed by atoms with Crippen LogP contribution in [0, 0.1) is 0 Å². The van der Waals surface area contributed by atoms with Crippen molar-refractivity contribution in [3.63, 3.8) is 0 Å². The van der Waals surface area contributed by atoms with E-state index in [1.54, 1.807) is 24.7 Å². The lowest BCUT2D eigenvalue weighted by Gasteiger charge is -2.14. The molecule has 25 heavy (non-hydrogen) atoms. The van der Waals surface area contributed by atoms with Crippen molar-refractivity contribution in [3.05, 3.63) is 76.7 Å². The Morgan fingerprint density at radius 1 is 1.00 bits per heavy atom. The number of anilines is 1. The number of nitrogens with one attached hydrogen (secondary N) is 2. The van der Waals surface area contributed by atoms with Gasteiger partial charge in [0.05, 0.1) is 21.4 Å². The summed E-state index contributed by atoms with van der Waals surface area (Å²) in [5.41, 5.74) is 3.58. The van der Waals surface area contributed by atoms with Crippen molar-refractivity contribution in [2.45, 2.75) is 6.54 Å². The third kappa shape index (κ3) is 4.45. The molecular formula is C18H14Cl2N4S. The number of benzene rings is 1. The van der Waals surface area contributed by atoms with Gasteiger partial charge in [-0.1, -0.05) is 35.3 Å². The SMILES string of the molecule is S=C(NCc1cccnc1-c1ccncc1)Nc1cccc(Cl)c1Cl. The number of halogens is 2. The predicted octanol–water partition coefficient (Wildman–Crippen LogP) is 4.94. The van der Waals surface area contributed by atoms with Gasteiger partial charge in [0.25, 0.3) is 0 Å². The second-order valence-corrected chi connectivity index (χ2v) is 6.35. The summed E-state index contributed by atoms with van der Waals surface area (Å²) in [7, 11) is 0. The van der Waals surface area contributed by atoms with Crippen LogP contribution in [0.15, 0.2) is 61.1 Å². The fraction of sp³-hybridized carbons (Fsp3) is 0.0556. The van der Waals surface area contributed by atoms with Gasteiger partial charge in [-0.25, -0.2) is 0 Å². The van der Waals surface area contributed by atoms with E-state index in [0.717, 1.165) is 16.8 Å². The highest BCUT2D eigenvalue weighted by Crippen LogP contribution is 2.29. The highest BCUT2D eigenvalue weighted by atomic mass is 35.5. The van der Waals surface area contributed by atoms with Gasteiger partial charge in [-0.15, -0.1) is 0 Å². The first-order valence-corrected chi connectivity index (χ1v) is 8.64. The summed E-state index contributed by atoms with van der Waals surface area (Å²) in [5, 5.41) is 7.58. The zero-order chi connectivity index (χ0) is 17.6. The van der Waals surface area contributed by atoms with Gasteiger partial charge in [-0.05, 0) is 48.1 Å². The fourth-order valence-corrected chi connectivity index (χ4v) is 2.82. The van der Waals surface area contributed by atoms with Crippen molar-refractivity contribution in [2.75, 3.05) is 5.32 Å². The molecule has 0 bridgehead atoms.